The summed E-state index contributed by atoms with van der Waals surface area (Å²) in [6, 6.07) is 3.98. The molecule has 1 saturated heterocycles. The zero-order chi connectivity index (χ0) is 13.7. The molecule has 0 bridgehead atoms. The van der Waals surface area contributed by atoms with Crippen LogP contribution in [0.3, 0.4) is 0 Å². The summed E-state index contributed by atoms with van der Waals surface area (Å²) >= 11 is 5.66. The number of hydrogen-bond donors (Lipinski definition) is 1. The Morgan fingerprint density at radius 2 is 2.05 bits per heavy atom. The summed E-state index contributed by atoms with van der Waals surface area (Å²) in [4.78, 5) is 0. The van der Waals surface area contributed by atoms with Crippen LogP contribution in [-0.2, 0) is 6.54 Å². The normalized spacial score (nSPS) is 18.6. The molecule has 1 unspecified atom stereocenters. The Kier molecular flexibility index (Phi) is 5.85. The monoisotopic (exact) mass is 345 g/mol. The third-order valence-corrected chi connectivity index (χ3v) is 5.40. The zero-order valence-electron chi connectivity index (χ0n) is 11.4. The van der Waals surface area contributed by atoms with Crippen molar-refractivity contribution in [3.63, 3.8) is 0 Å². The first-order chi connectivity index (χ1) is 9.24. The Morgan fingerprint density at radius 3 is 2.68 bits per heavy atom. The predicted octanol–water partition coefficient (Wildman–Crippen LogP) is 3.45. The van der Waals surface area contributed by atoms with E-state index < -0.39 is 0 Å². The molecular weight excluding hydrogens is 326 g/mol. The van der Waals surface area contributed by atoms with E-state index in [4.69, 9.17) is 9.47 Å². The summed E-state index contributed by atoms with van der Waals surface area (Å²) in [5, 5.41) is 4.30. The highest BCUT2D eigenvalue weighted by Crippen LogP contribution is 2.33. The van der Waals surface area contributed by atoms with Gasteiger partial charge in [0.1, 0.15) is 0 Å². The highest BCUT2D eigenvalue weighted by molar-refractivity contribution is 9.10. The van der Waals surface area contributed by atoms with Gasteiger partial charge >= 0.3 is 0 Å². The number of hydrogen-bond acceptors (Lipinski definition) is 4. The van der Waals surface area contributed by atoms with Gasteiger partial charge < -0.3 is 14.8 Å². The largest absolute Gasteiger partial charge is 0.493 e. The van der Waals surface area contributed by atoms with Crippen molar-refractivity contribution in [2.45, 2.75) is 24.6 Å². The predicted molar refractivity (Wildman–Crippen MR) is 84.4 cm³/mol. The van der Waals surface area contributed by atoms with Gasteiger partial charge in [-0.3, -0.25) is 0 Å². The molecular formula is C14H20BrNO2S. The highest BCUT2D eigenvalue weighted by atomic mass is 79.9. The van der Waals surface area contributed by atoms with E-state index in [9.17, 15) is 0 Å². The standard InChI is InChI=1S/C14H20BrNO2S/c1-17-13-6-10(12(15)7-14(13)18-2)8-16-9-11-4-3-5-19-11/h6-7,11,16H,3-5,8-9H2,1-2H3. The van der Waals surface area contributed by atoms with Crippen molar-refractivity contribution in [3.05, 3.63) is 22.2 Å². The van der Waals surface area contributed by atoms with E-state index >= 15 is 0 Å². The molecule has 0 amide bonds. The lowest BCUT2D eigenvalue weighted by atomic mass is 10.2. The molecule has 1 N–H and O–H groups in total. The van der Waals surface area contributed by atoms with Crippen LogP contribution in [0.5, 0.6) is 11.5 Å². The Morgan fingerprint density at radius 1 is 1.32 bits per heavy atom. The molecule has 0 aliphatic carbocycles. The molecule has 0 saturated carbocycles. The van der Waals surface area contributed by atoms with E-state index in [0.29, 0.717) is 0 Å². The summed E-state index contributed by atoms with van der Waals surface area (Å²) in [6.07, 6.45) is 2.70. The van der Waals surface area contributed by atoms with Gasteiger partial charge in [0.2, 0.25) is 0 Å². The first-order valence-corrected chi connectivity index (χ1v) is 8.31. The van der Waals surface area contributed by atoms with Crippen LogP contribution >= 0.6 is 27.7 Å². The van der Waals surface area contributed by atoms with E-state index in [1.54, 1.807) is 14.2 Å². The number of halogens is 1. The molecule has 1 aromatic carbocycles. The van der Waals surface area contributed by atoms with Crippen LogP contribution in [0.15, 0.2) is 16.6 Å². The maximum atomic E-state index is 5.33. The Hall–Kier alpha value is -0.390. The second-order valence-electron chi connectivity index (χ2n) is 4.56. The average molecular weight is 346 g/mol. The fourth-order valence-electron chi connectivity index (χ4n) is 2.20. The number of nitrogens with one attached hydrogen (secondary N) is 1. The third-order valence-electron chi connectivity index (χ3n) is 3.26. The number of thioether (sulfide) groups is 1. The lowest BCUT2D eigenvalue weighted by molar-refractivity contribution is 0.354. The SMILES string of the molecule is COc1cc(Br)c(CNCC2CCCS2)cc1OC. The van der Waals surface area contributed by atoms with Crippen LogP contribution in [0.4, 0.5) is 0 Å². The average Bonchev–Trinajstić information content (AvgIpc) is 2.93. The first-order valence-electron chi connectivity index (χ1n) is 6.47. The van der Waals surface area contributed by atoms with Gasteiger partial charge in [-0.25, -0.2) is 0 Å². The molecule has 1 aromatic rings. The van der Waals surface area contributed by atoms with Crippen LogP contribution in [-0.4, -0.2) is 31.8 Å². The summed E-state index contributed by atoms with van der Waals surface area (Å²) in [5.74, 6) is 2.84. The fourth-order valence-corrected chi connectivity index (χ4v) is 3.90. The number of methoxy groups -OCH3 is 2. The maximum absolute atomic E-state index is 5.33. The molecule has 0 aromatic heterocycles. The summed E-state index contributed by atoms with van der Waals surface area (Å²) in [6.45, 7) is 1.92. The van der Waals surface area contributed by atoms with E-state index in [2.05, 4.69) is 33.0 Å². The zero-order valence-corrected chi connectivity index (χ0v) is 13.8. The van der Waals surface area contributed by atoms with Gasteiger partial charge in [-0.2, -0.15) is 11.8 Å². The molecule has 5 heteroatoms. The second kappa shape index (κ2) is 7.41. The fraction of sp³-hybridized carbons (Fsp3) is 0.571. The number of benzene rings is 1. The first kappa shape index (κ1) is 15.0. The van der Waals surface area contributed by atoms with Crippen LogP contribution in [0, 0.1) is 0 Å². The molecule has 19 heavy (non-hydrogen) atoms. The molecule has 0 spiro atoms. The van der Waals surface area contributed by atoms with Crippen molar-refractivity contribution < 1.29 is 9.47 Å². The second-order valence-corrected chi connectivity index (χ2v) is 6.83. The molecule has 1 aliphatic rings. The molecule has 3 nitrogen and oxygen atoms in total. The summed E-state index contributed by atoms with van der Waals surface area (Å²) < 4.78 is 11.7. The van der Waals surface area contributed by atoms with Gasteiger partial charge in [-0.15, -0.1) is 0 Å². The van der Waals surface area contributed by atoms with Crippen molar-refractivity contribution in [2.24, 2.45) is 0 Å². The Balaban J connectivity index is 1.95. The van der Waals surface area contributed by atoms with E-state index in [0.717, 1.165) is 34.3 Å². The van der Waals surface area contributed by atoms with Crippen LogP contribution in [0.1, 0.15) is 18.4 Å². The minimum atomic E-state index is 0.754. The molecule has 0 radical (unpaired) electrons. The topological polar surface area (TPSA) is 30.5 Å². The van der Waals surface area contributed by atoms with Crippen LogP contribution in [0.2, 0.25) is 0 Å². The van der Waals surface area contributed by atoms with Gasteiger partial charge in [-0.1, -0.05) is 15.9 Å². The van der Waals surface area contributed by atoms with Crippen molar-refractivity contribution in [1.29, 1.82) is 0 Å². The van der Waals surface area contributed by atoms with E-state index in [1.165, 1.54) is 24.2 Å². The van der Waals surface area contributed by atoms with Crippen LogP contribution < -0.4 is 14.8 Å². The minimum absolute atomic E-state index is 0.754. The van der Waals surface area contributed by atoms with Crippen molar-refractivity contribution in [3.8, 4) is 11.5 Å². The van der Waals surface area contributed by atoms with Crippen molar-refractivity contribution in [1.82, 2.24) is 5.32 Å². The third kappa shape index (κ3) is 4.04. The summed E-state index contributed by atoms with van der Waals surface area (Å²) in [7, 11) is 3.32. The molecule has 2 rings (SSSR count). The van der Waals surface area contributed by atoms with Crippen molar-refractivity contribution >= 4 is 27.7 Å². The van der Waals surface area contributed by atoms with E-state index in [1.807, 2.05) is 12.1 Å². The van der Waals surface area contributed by atoms with Crippen molar-refractivity contribution in [2.75, 3.05) is 26.5 Å². The quantitative estimate of drug-likeness (QED) is 0.855. The van der Waals surface area contributed by atoms with Crippen LogP contribution in [0.25, 0.3) is 0 Å². The lowest BCUT2D eigenvalue weighted by Gasteiger charge is -2.14. The van der Waals surface area contributed by atoms with Gasteiger partial charge in [0.25, 0.3) is 0 Å². The van der Waals surface area contributed by atoms with Gasteiger partial charge in [-0.05, 0) is 36.3 Å². The molecule has 1 fully saturated rings. The lowest BCUT2D eigenvalue weighted by Crippen LogP contribution is -2.22. The summed E-state index contributed by atoms with van der Waals surface area (Å²) in [5.41, 5.74) is 1.20. The highest BCUT2D eigenvalue weighted by Gasteiger charge is 2.15. The van der Waals surface area contributed by atoms with Gasteiger partial charge in [0.15, 0.2) is 11.5 Å². The number of ether oxygens (including phenoxy) is 2. The Labute approximate surface area is 127 Å². The molecule has 106 valence electrons. The molecule has 1 heterocycles. The van der Waals surface area contributed by atoms with Gasteiger partial charge in [0.05, 0.1) is 14.2 Å². The smallest absolute Gasteiger partial charge is 0.161 e. The number of rotatable bonds is 6. The molecule has 1 atom stereocenters. The molecule has 1 aliphatic heterocycles. The van der Waals surface area contributed by atoms with Gasteiger partial charge in [0, 0.05) is 22.8 Å². The minimum Gasteiger partial charge on any atom is -0.493 e. The van der Waals surface area contributed by atoms with E-state index in [-0.39, 0.29) is 0 Å². The maximum Gasteiger partial charge on any atom is 0.161 e. The Bertz CT molecular complexity index is 422.